The number of carbonyl (C=O) groups excluding carboxylic acids is 1. The average Bonchev–Trinajstić information content (AvgIpc) is 3.97. The summed E-state index contributed by atoms with van der Waals surface area (Å²) in [5, 5.41) is 16.0. The summed E-state index contributed by atoms with van der Waals surface area (Å²) in [6.45, 7) is 5.45. The van der Waals surface area contributed by atoms with Crippen molar-refractivity contribution in [1.82, 2.24) is 24.6 Å². The van der Waals surface area contributed by atoms with Gasteiger partial charge in [-0.1, -0.05) is 31.2 Å². The molecule has 2 saturated carbocycles. The third-order valence-corrected chi connectivity index (χ3v) is 16.4. The second-order valence-electron chi connectivity index (χ2n) is 18.9. The van der Waals surface area contributed by atoms with Gasteiger partial charge in [-0.3, -0.25) is 24.0 Å². The smallest absolute Gasteiger partial charge is 0.312 e. The van der Waals surface area contributed by atoms with Gasteiger partial charge in [0, 0.05) is 83.4 Å². The summed E-state index contributed by atoms with van der Waals surface area (Å²) >= 11 is 0. The Labute approximate surface area is 386 Å². The minimum atomic E-state index is -4.64. The van der Waals surface area contributed by atoms with E-state index < -0.39 is 41.2 Å². The van der Waals surface area contributed by atoms with Crippen molar-refractivity contribution in [2.24, 2.45) is 15.7 Å². The number of ether oxygens (including phenoxy) is 1. The van der Waals surface area contributed by atoms with Gasteiger partial charge in [0.2, 0.25) is 5.82 Å². The highest BCUT2D eigenvalue weighted by atomic mass is 32.2. The van der Waals surface area contributed by atoms with Crippen LogP contribution in [0.25, 0.3) is 11.0 Å². The van der Waals surface area contributed by atoms with Crippen molar-refractivity contribution in [3.05, 3.63) is 106 Å². The number of nitro groups is 1. The topological polar surface area (TPSA) is 205 Å². The summed E-state index contributed by atoms with van der Waals surface area (Å²) in [4.78, 5) is 41.6. The number of fused-ring (bicyclic) bond motifs is 1. The lowest BCUT2D eigenvalue weighted by molar-refractivity contribution is -0.384. The van der Waals surface area contributed by atoms with Crippen LogP contribution in [0.4, 0.5) is 17.2 Å². The molecule has 2 aliphatic carbocycles. The molecule has 350 valence electrons. The molecular formula is C48H59N9O7S2. The maximum absolute atomic E-state index is 14.0. The number of sulfonamides is 1. The third kappa shape index (κ3) is 9.91. The number of piperidine rings is 1. The van der Waals surface area contributed by atoms with E-state index in [1.54, 1.807) is 36.9 Å². The highest BCUT2D eigenvalue weighted by Gasteiger charge is 2.50. The molecule has 0 bridgehead atoms. The van der Waals surface area contributed by atoms with E-state index >= 15 is 0 Å². The van der Waals surface area contributed by atoms with Crippen LogP contribution in [-0.4, -0.2) is 94.1 Å². The highest BCUT2D eigenvalue weighted by molar-refractivity contribution is 7.92. The van der Waals surface area contributed by atoms with Gasteiger partial charge in [0.1, 0.15) is 22.0 Å². The molecule has 1 unspecified atom stereocenters. The van der Waals surface area contributed by atoms with E-state index in [1.165, 1.54) is 43.0 Å². The molecule has 3 N–H and O–H groups in total. The van der Waals surface area contributed by atoms with Gasteiger partial charge in [0.15, 0.2) is 0 Å². The number of H-pyrrole nitrogens is 1. The summed E-state index contributed by atoms with van der Waals surface area (Å²) < 4.78 is 52.5. The van der Waals surface area contributed by atoms with E-state index in [4.69, 9.17) is 4.74 Å². The zero-order chi connectivity index (χ0) is 46.2. The van der Waals surface area contributed by atoms with Crippen LogP contribution in [0.1, 0.15) is 98.7 Å². The van der Waals surface area contributed by atoms with Gasteiger partial charge in [0.25, 0.3) is 15.9 Å². The van der Waals surface area contributed by atoms with Crippen LogP contribution in [0.3, 0.4) is 0 Å². The lowest BCUT2D eigenvalue weighted by Crippen LogP contribution is -2.54. The number of pyridine rings is 2. The van der Waals surface area contributed by atoms with Gasteiger partial charge in [-0.15, -0.1) is 0 Å². The molecule has 2 aromatic carbocycles. The molecule has 4 aliphatic rings. The number of hydrogen-bond acceptors (Lipinski definition) is 13. The predicted octanol–water partition coefficient (Wildman–Crippen LogP) is 8.62. The number of hydrogen-bond donors (Lipinski definition) is 3. The third-order valence-electron chi connectivity index (χ3n) is 14.3. The van der Waals surface area contributed by atoms with Gasteiger partial charge >= 0.3 is 5.69 Å². The second kappa shape index (κ2) is 18.6. The fourth-order valence-corrected chi connectivity index (χ4v) is 12.7. The number of amides is 1. The van der Waals surface area contributed by atoms with Crippen molar-refractivity contribution in [1.29, 1.82) is 0 Å². The molecule has 1 spiro atoms. The Morgan fingerprint density at radius 2 is 1.74 bits per heavy atom. The Morgan fingerprint density at radius 3 is 2.48 bits per heavy atom. The minimum absolute atomic E-state index is 0.0223. The number of nitrogens with zero attached hydrogens (tertiary/aromatic N) is 6. The van der Waals surface area contributed by atoms with Crippen molar-refractivity contribution >= 4 is 53.9 Å². The van der Waals surface area contributed by atoms with Gasteiger partial charge < -0.3 is 19.9 Å². The molecule has 1 atom stereocenters. The Kier molecular flexibility index (Phi) is 12.8. The Balaban J connectivity index is 0.882. The van der Waals surface area contributed by atoms with Crippen molar-refractivity contribution in [2.45, 2.75) is 101 Å². The quantitative estimate of drug-likeness (QED) is 0.0707. The molecule has 18 heteroatoms. The van der Waals surface area contributed by atoms with Crippen LogP contribution in [0.5, 0.6) is 11.5 Å². The molecule has 4 fully saturated rings. The molecule has 0 radical (unpaired) electrons. The average molecular weight is 938 g/mol. The van der Waals surface area contributed by atoms with Crippen LogP contribution >= 0.6 is 0 Å². The second-order valence-corrected chi connectivity index (χ2v) is 23.2. The SMILES string of the molecule is CCc1ccccc1C1CCCN1C1CC2(CCN(c3ccc(C(=O)NS(=O)(=O)c4cnc(NCC5CCC(N=S(C)(C)=O)CC5)c([N+](=O)[O-])c4)c(Oc4cnc5[nH]ccc5c4)c3)CC2)C1. The maximum Gasteiger partial charge on any atom is 0.312 e. The van der Waals surface area contributed by atoms with Crippen molar-refractivity contribution in [3.63, 3.8) is 0 Å². The molecule has 16 nitrogen and oxygen atoms in total. The molecule has 1 amide bonds. The number of carbonyl (C=O) groups is 1. The monoisotopic (exact) mass is 937 g/mol. The van der Waals surface area contributed by atoms with E-state index in [0.29, 0.717) is 35.4 Å². The number of anilines is 2. The standard InChI is InChI=1S/C48H59N9O7S2/c1-4-33-8-5-6-9-40(33)42-10-7-21-56(42)37-27-48(28-37)18-22-55(23-19-48)36-15-16-41(44(25-36)64-38-24-34-17-20-49-45(34)51-30-38)47(58)54-66(62,63)39-26-43(57(59)60)46(52-31-39)50-29-32-11-13-35(14-12-32)53-65(2,3)61/h5-6,8-9,15-17,20,24-26,30-32,35,37,42H,4,7,10-14,18-19,21-23,27-29H2,1-3H3,(H,49,51)(H,50,52)(H,54,58). The first kappa shape index (κ1) is 45.6. The number of aromatic nitrogens is 3. The van der Waals surface area contributed by atoms with Crippen molar-refractivity contribution < 1.29 is 27.1 Å². The molecule has 2 aliphatic heterocycles. The Hall–Kier alpha value is -5.59. The zero-order valence-corrected chi connectivity index (χ0v) is 39.4. The summed E-state index contributed by atoms with van der Waals surface area (Å²) in [5.41, 5.74) is 4.18. The summed E-state index contributed by atoms with van der Waals surface area (Å²) in [6, 6.07) is 19.7. The fourth-order valence-electron chi connectivity index (χ4n) is 10.8. The highest BCUT2D eigenvalue weighted by Crippen LogP contribution is 2.54. The summed E-state index contributed by atoms with van der Waals surface area (Å²) in [6.07, 6.45) is 18.6. The number of rotatable bonds is 14. The number of nitrogens with one attached hydrogen (secondary N) is 3. The molecule has 9 rings (SSSR count). The molecule has 5 aromatic rings. The summed E-state index contributed by atoms with van der Waals surface area (Å²) in [5.74, 6) is -0.372. The molecule has 2 saturated heterocycles. The lowest BCUT2D eigenvalue weighted by atomic mass is 9.59. The zero-order valence-electron chi connectivity index (χ0n) is 37.8. The van der Waals surface area contributed by atoms with Gasteiger partial charge in [-0.25, -0.2) is 27.5 Å². The maximum atomic E-state index is 14.0. The van der Waals surface area contributed by atoms with E-state index in [9.17, 15) is 27.5 Å². The van der Waals surface area contributed by atoms with Crippen LogP contribution in [0, 0.1) is 21.4 Å². The molecule has 5 heterocycles. The van der Waals surface area contributed by atoms with Crippen molar-refractivity contribution in [2.75, 3.05) is 48.9 Å². The Morgan fingerprint density at radius 1 is 0.970 bits per heavy atom. The normalized spacial score (nSPS) is 21.4. The number of aromatic amines is 1. The van der Waals surface area contributed by atoms with E-state index in [1.807, 2.05) is 12.1 Å². The first-order valence-electron chi connectivity index (χ1n) is 23.1. The predicted molar refractivity (Wildman–Crippen MR) is 256 cm³/mol. The van der Waals surface area contributed by atoms with Crippen molar-refractivity contribution in [3.8, 4) is 11.5 Å². The first-order chi connectivity index (χ1) is 31.7. The van der Waals surface area contributed by atoms with Crippen LogP contribution in [0.2, 0.25) is 0 Å². The number of aryl methyl sites for hydroxylation is 1. The number of benzene rings is 2. The largest absolute Gasteiger partial charge is 0.455 e. The lowest BCUT2D eigenvalue weighted by Gasteiger charge is -2.56. The number of likely N-dealkylation sites (tertiary alicyclic amines) is 1. The molecule has 3 aromatic heterocycles. The first-order valence-corrected chi connectivity index (χ1v) is 26.9. The van der Waals surface area contributed by atoms with Crippen LogP contribution in [-0.2, 0) is 26.2 Å². The van der Waals surface area contributed by atoms with Crippen LogP contribution < -0.4 is 19.7 Å². The molecular weight excluding hydrogens is 879 g/mol. The van der Waals surface area contributed by atoms with Gasteiger partial charge in [-0.2, -0.15) is 0 Å². The van der Waals surface area contributed by atoms with E-state index in [-0.39, 0.29) is 29.1 Å². The van der Waals surface area contributed by atoms with Gasteiger partial charge in [0.05, 0.1) is 28.9 Å². The fraction of sp³-hybridized carbons (Fsp3) is 0.479. The molecule has 66 heavy (non-hydrogen) atoms. The summed E-state index contributed by atoms with van der Waals surface area (Å²) in [7, 11) is -6.84. The van der Waals surface area contributed by atoms with E-state index in [0.717, 1.165) is 87.9 Å². The van der Waals surface area contributed by atoms with Crippen LogP contribution in [0.15, 0.2) is 88.5 Å². The van der Waals surface area contributed by atoms with Gasteiger partial charge in [-0.05, 0) is 124 Å². The van der Waals surface area contributed by atoms with E-state index in [2.05, 4.69) is 70.3 Å². The Bertz CT molecular complexity index is 2850. The minimum Gasteiger partial charge on any atom is -0.455 e.